The fourth-order valence-corrected chi connectivity index (χ4v) is 5.94. The van der Waals surface area contributed by atoms with Gasteiger partial charge in [0.2, 0.25) is 0 Å². The fraction of sp³-hybridized carbons (Fsp3) is 0.318. The number of aromatic nitrogens is 1. The minimum absolute atomic E-state index is 0.0488. The van der Waals surface area contributed by atoms with Crippen LogP contribution >= 0.6 is 0 Å². The van der Waals surface area contributed by atoms with Gasteiger partial charge in [-0.15, -0.1) is 0 Å². The second kappa shape index (κ2) is 7.89. The monoisotopic (exact) mass is 395 g/mol. The summed E-state index contributed by atoms with van der Waals surface area (Å²) < 4.78 is 29.4. The molecule has 0 atom stereocenters. The van der Waals surface area contributed by atoms with Crippen molar-refractivity contribution in [1.29, 1.82) is 0 Å². The van der Waals surface area contributed by atoms with Crippen LogP contribution in [-0.4, -0.2) is 44.0 Å². The number of hydrogen-bond acceptors (Lipinski definition) is 4. The Morgan fingerprint density at radius 1 is 1.04 bits per heavy atom. The normalized spacial score (nSPS) is 16.3. The molecule has 1 fully saturated rings. The summed E-state index contributed by atoms with van der Waals surface area (Å²) in [5.74, 6) is 0. The number of sulfonamides is 1. The number of fused-ring (bicyclic) bond motifs is 1. The van der Waals surface area contributed by atoms with Crippen LogP contribution < -0.4 is 4.31 Å². The third kappa shape index (κ3) is 3.50. The van der Waals surface area contributed by atoms with Crippen molar-refractivity contribution in [2.45, 2.75) is 30.7 Å². The molecule has 0 saturated carbocycles. The van der Waals surface area contributed by atoms with Crippen molar-refractivity contribution in [1.82, 2.24) is 9.88 Å². The molecule has 28 heavy (non-hydrogen) atoms. The quantitative estimate of drug-likeness (QED) is 0.657. The van der Waals surface area contributed by atoms with E-state index in [9.17, 15) is 8.42 Å². The smallest absolute Gasteiger partial charge is 0.265 e. The van der Waals surface area contributed by atoms with Crippen molar-refractivity contribution in [3.63, 3.8) is 0 Å². The van der Waals surface area contributed by atoms with Crippen molar-refractivity contribution in [2.75, 3.05) is 23.9 Å². The molecule has 2 heterocycles. The summed E-state index contributed by atoms with van der Waals surface area (Å²) in [7, 11) is -3.72. The molecule has 3 aromatic rings. The highest BCUT2D eigenvalue weighted by Gasteiger charge is 2.34. The Balaban J connectivity index is 1.81. The number of piperidine rings is 1. The number of para-hydroxylation sites is 1. The van der Waals surface area contributed by atoms with Crippen LogP contribution in [0.15, 0.2) is 71.9 Å². The first-order chi connectivity index (χ1) is 13.6. The third-order valence-corrected chi connectivity index (χ3v) is 7.46. The number of likely N-dealkylation sites (tertiary alicyclic amines) is 1. The molecule has 0 aliphatic carbocycles. The van der Waals surface area contributed by atoms with E-state index in [1.807, 2.05) is 36.4 Å². The molecular weight excluding hydrogens is 370 g/mol. The lowest BCUT2D eigenvalue weighted by Crippen LogP contribution is -2.47. The highest BCUT2D eigenvalue weighted by Crippen LogP contribution is 2.33. The van der Waals surface area contributed by atoms with Gasteiger partial charge in [0.25, 0.3) is 10.0 Å². The summed E-state index contributed by atoms with van der Waals surface area (Å²) in [5.41, 5.74) is 0.725. The number of rotatable bonds is 5. The van der Waals surface area contributed by atoms with E-state index in [-0.39, 0.29) is 6.04 Å². The van der Waals surface area contributed by atoms with Crippen molar-refractivity contribution >= 4 is 26.5 Å². The van der Waals surface area contributed by atoms with Crippen LogP contribution in [0.4, 0.5) is 5.69 Å². The molecule has 4 rings (SSSR count). The maximum Gasteiger partial charge on any atom is 0.265 e. The van der Waals surface area contributed by atoms with E-state index >= 15 is 0 Å². The zero-order valence-electron chi connectivity index (χ0n) is 16.0. The first kappa shape index (κ1) is 18.9. The van der Waals surface area contributed by atoms with Crippen LogP contribution in [0.1, 0.15) is 19.8 Å². The van der Waals surface area contributed by atoms with Crippen molar-refractivity contribution in [3.05, 3.63) is 67.0 Å². The Hall–Kier alpha value is -2.44. The van der Waals surface area contributed by atoms with E-state index in [1.54, 1.807) is 34.9 Å². The summed E-state index contributed by atoms with van der Waals surface area (Å²) in [4.78, 5) is 6.85. The van der Waals surface area contributed by atoms with Gasteiger partial charge in [0.1, 0.15) is 0 Å². The van der Waals surface area contributed by atoms with E-state index < -0.39 is 10.0 Å². The molecule has 0 N–H and O–H groups in total. The summed E-state index contributed by atoms with van der Waals surface area (Å²) in [6.45, 7) is 4.98. The Morgan fingerprint density at radius 3 is 2.50 bits per heavy atom. The number of hydrogen-bond donors (Lipinski definition) is 0. The SMILES string of the molecule is CCN1CCC(N(c2ccccc2)S(=O)(=O)c2cccc3cnccc23)CC1. The van der Waals surface area contributed by atoms with Crippen molar-refractivity contribution in [2.24, 2.45) is 0 Å². The van der Waals surface area contributed by atoms with Gasteiger partial charge in [-0.1, -0.05) is 37.3 Å². The van der Waals surface area contributed by atoms with Gasteiger partial charge in [-0.2, -0.15) is 0 Å². The molecule has 0 amide bonds. The van der Waals surface area contributed by atoms with E-state index in [2.05, 4.69) is 16.8 Å². The number of anilines is 1. The van der Waals surface area contributed by atoms with E-state index in [4.69, 9.17) is 0 Å². The van der Waals surface area contributed by atoms with Gasteiger partial charge in [-0.25, -0.2) is 8.42 Å². The van der Waals surface area contributed by atoms with Crippen LogP contribution in [0.3, 0.4) is 0 Å². The summed E-state index contributed by atoms with van der Waals surface area (Å²) in [6, 6.07) is 16.6. The Kier molecular flexibility index (Phi) is 5.33. The Labute approximate surface area is 166 Å². The number of pyridine rings is 1. The number of nitrogens with zero attached hydrogens (tertiary/aromatic N) is 3. The van der Waals surface area contributed by atoms with Gasteiger partial charge in [-0.05, 0) is 43.7 Å². The predicted octanol–water partition coefficient (Wildman–Crippen LogP) is 3.91. The summed E-state index contributed by atoms with van der Waals surface area (Å²) in [6.07, 6.45) is 5.01. The lowest BCUT2D eigenvalue weighted by Gasteiger charge is -2.38. The largest absolute Gasteiger partial charge is 0.303 e. The van der Waals surface area contributed by atoms with Crippen LogP contribution in [0.5, 0.6) is 0 Å². The molecule has 6 heteroatoms. The lowest BCUT2D eigenvalue weighted by atomic mass is 10.0. The molecule has 0 radical (unpaired) electrons. The van der Waals surface area contributed by atoms with Crippen LogP contribution in [-0.2, 0) is 10.0 Å². The van der Waals surface area contributed by atoms with E-state index in [1.165, 1.54) is 0 Å². The standard InChI is InChI=1S/C22H25N3O2S/c1-2-24-15-12-20(13-16-24)25(19-8-4-3-5-9-19)28(26,27)22-10-6-7-18-17-23-14-11-21(18)22/h3-11,14,17,20H,2,12-13,15-16H2,1H3. The van der Waals surface area contributed by atoms with E-state index in [0.29, 0.717) is 10.3 Å². The fourth-order valence-electron chi connectivity index (χ4n) is 4.01. The highest BCUT2D eigenvalue weighted by molar-refractivity contribution is 7.93. The first-order valence-corrected chi connectivity index (χ1v) is 11.2. The van der Waals surface area contributed by atoms with E-state index in [0.717, 1.165) is 43.5 Å². The molecule has 146 valence electrons. The molecule has 1 aromatic heterocycles. The van der Waals surface area contributed by atoms with Gasteiger partial charge in [0.05, 0.1) is 10.6 Å². The molecule has 1 saturated heterocycles. The van der Waals surface area contributed by atoms with Gasteiger partial charge >= 0.3 is 0 Å². The zero-order valence-corrected chi connectivity index (χ0v) is 16.8. The molecule has 0 bridgehead atoms. The molecule has 0 unspecified atom stereocenters. The minimum Gasteiger partial charge on any atom is -0.303 e. The molecule has 0 spiro atoms. The second-order valence-corrected chi connectivity index (χ2v) is 8.94. The van der Waals surface area contributed by atoms with Gasteiger partial charge in [-0.3, -0.25) is 9.29 Å². The maximum absolute atomic E-state index is 13.9. The third-order valence-electron chi connectivity index (χ3n) is 5.52. The van der Waals surface area contributed by atoms with Crippen molar-refractivity contribution < 1.29 is 8.42 Å². The molecule has 5 nitrogen and oxygen atoms in total. The maximum atomic E-state index is 13.9. The molecule has 1 aliphatic rings. The second-order valence-electron chi connectivity index (χ2n) is 7.15. The highest BCUT2D eigenvalue weighted by atomic mass is 32.2. The molecule has 1 aliphatic heterocycles. The van der Waals surface area contributed by atoms with Crippen LogP contribution in [0, 0.1) is 0 Å². The van der Waals surface area contributed by atoms with Gasteiger partial charge in [0.15, 0.2) is 0 Å². The van der Waals surface area contributed by atoms with Crippen molar-refractivity contribution in [3.8, 4) is 0 Å². The van der Waals surface area contributed by atoms with Crippen LogP contribution in [0.2, 0.25) is 0 Å². The molecule has 2 aromatic carbocycles. The van der Waals surface area contributed by atoms with Crippen LogP contribution in [0.25, 0.3) is 10.8 Å². The summed E-state index contributed by atoms with van der Waals surface area (Å²) in [5, 5.41) is 1.54. The average Bonchev–Trinajstić information content (AvgIpc) is 2.74. The first-order valence-electron chi connectivity index (χ1n) is 9.76. The van der Waals surface area contributed by atoms with Gasteiger partial charge in [0, 0.05) is 42.3 Å². The Morgan fingerprint density at radius 2 is 1.79 bits per heavy atom. The average molecular weight is 396 g/mol. The molecular formula is C22H25N3O2S. The Bertz CT molecular complexity index is 1040. The number of benzene rings is 2. The summed E-state index contributed by atoms with van der Waals surface area (Å²) >= 11 is 0. The zero-order chi connectivity index (χ0) is 19.6. The predicted molar refractivity (Wildman–Crippen MR) is 113 cm³/mol. The lowest BCUT2D eigenvalue weighted by molar-refractivity contribution is 0.224. The van der Waals surface area contributed by atoms with Gasteiger partial charge < -0.3 is 4.90 Å². The topological polar surface area (TPSA) is 53.5 Å². The minimum atomic E-state index is -3.72.